The number of methoxy groups -OCH3 is 1. The number of nitrogens with one attached hydrogen (secondary N) is 2. The molecule has 0 saturated heterocycles. The van der Waals surface area contributed by atoms with E-state index in [4.69, 9.17) is 0 Å². The topological polar surface area (TPSA) is 97.4 Å². The van der Waals surface area contributed by atoms with Crippen LogP contribution >= 0.6 is 0 Å². The van der Waals surface area contributed by atoms with E-state index in [-0.39, 0.29) is 0 Å². The molecule has 0 fully saturated rings. The molecule has 0 aliphatic carbocycles. The highest BCUT2D eigenvalue weighted by atomic mass is 32.2. The van der Waals surface area contributed by atoms with Crippen LogP contribution < -0.4 is 10.0 Å². The lowest BCUT2D eigenvalue weighted by atomic mass is 10.2. The molecule has 0 aliphatic rings. The second-order valence-electron chi connectivity index (χ2n) is 4.50. The molecule has 0 unspecified atom stereocenters. The predicted octanol–water partition coefficient (Wildman–Crippen LogP) is 1.98. The summed E-state index contributed by atoms with van der Waals surface area (Å²) in [6.07, 6.45) is 2.46. The molecule has 0 saturated carbocycles. The third kappa shape index (κ3) is 4.45. The Bertz CT molecular complexity index is 773. The van der Waals surface area contributed by atoms with Crippen LogP contribution in [0.15, 0.2) is 42.6 Å². The lowest BCUT2D eigenvalue weighted by molar-refractivity contribution is 0.0601. The predicted molar refractivity (Wildman–Crippen MR) is 83.8 cm³/mol. The summed E-state index contributed by atoms with van der Waals surface area (Å²) in [4.78, 5) is 15.6. The third-order valence-corrected chi connectivity index (χ3v) is 3.23. The van der Waals surface area contributed by atoms with Crippen LogP contribution in [0.5, 0.6) is 0 Å². The lowest BCUT2D eigenvalue weighted by Crippen LogP contribution is -2.09. The van der Waals surface area contributed by atoms with E-state index in [9.17, 15) is 13.2 Å². The Morgan fingerprint density at radius 1 is 1.18 bits per heavy atom. The van der Waals surface area contributed by atoms with E-state index in [0.717, 1.165) is 6.26 Å². The number of esters is 1. The van der Waals surface area contributed by atoms with Crippen molar-refractivity contribution in [2.75, 3.05) is 23.4 Å². The molecular weight excluding hydrogens is 306 g/mol. The smallest absolute Gasteiger partial charge is 0.337 e. The number of ether oxygens (including phenoxy) is 1. The summed E-state index contributed by atoms with van der Waals surface area (Å²) in [6, 6.07) is 9.98. The van der Waals surface area contributed by atoms with Crippen LogP contribution in [0, 0.1) is 0 Å². The SMILES string of the molecule is COC(=O)c1cccc(Nc2ccc(NS(C)(=O)=O)cn2)c1. The van der Waals surface area contributed by atoms with Gasteiger partial charge < -0.3 is 10.1 Å². The first-order chi connectivity index (χ1) is 10.4. The Morgan fingerprint density at radius 2 is 1.95 bits per heavy atom. The number of pyridine rings is 1. The molecule has 0 radical (unpaired) electrons. The third-order valence-electron chi connectivity index (χ3n) is 2.62. The van der Waals surface area contributed by atoms with Crippen LogP contribution in [0.4, 0.5) is 17.2 Å². The number of aromatic nitrogens is 1. The van der Waals surface area contributed by atoms with Gasteiger partial charge in [-0.1, -0.05) is 6.07 Å². The van der Waals surface area contributed by atoms with Crippen molar-refractivity contribution in [3.8, 4) is 0 Å². The minimum absolute atomic E-state index is 0.372. The monoisotopic (exact) mass is 321 g/mol. The molecular formula is C14H15N3O4S. The van der Waals surface area contributed by atoms with E-state index in [2.05, 4.69) is 19.8 Å². The molecule has 0 spiro atoms. The van der Waals surface area contributed by atoms with Gasteiger partial charge in [-0.25, -0.2) is 18.2 Å². The number of hydrogen-bond donors (Lipinski definition) is 2. The summed E-state index contributed by atoms with van der Waals surface area (Å²) >= 11 is 0. The second-order valence-corrected chi connectivity index (χ2v) is 6.25. The van der Waals surface area contributed by atoms with Crippen molar-refractivity contribution >= 4 is 33.2 Å². The molecule has 22 heavy (non-hydrogen) atoms. The molecule has 0 amide bonds. The zero-order chi connectivity index (χ0) is 16.2. The Kier molecular flexibility index (Phi) is 4.62. The fourth-order valence-corrected chi connectivity index (χ4v) is 2.28. The van der Waals surface area contributed by atoms with Crippen LogP contribution in [0.1, 0.15) is 10.4 Å². The molecule has 8 heteroatoms. The van der Waals surface area contributed by atoms with E-state index in [1.165, 1.54) is 13.3 Å². The Hall–Kier alpha value is -2.61. The van der Waals surface area contributed by atoms with Gasteiger partial charge in [-0.05, 0) is 30.3 Å². The number of anilines is 3. The minimum atomic E-state index is -3.33. The average molecular weight is 321 g/mol. The van der Waals surface area contributed by atoms with Crippen molar-refractivity contribution < 1.29 is 17.9 Å². The number of benzene rings is 1. The number of rotatable bonds is 5. The van der Waals surface area contributed by atoms with Gasteiger partial charge in [-0.3, -0.25) is 4.72 Å². The summed E-state index contributed by atoms with van der Waals surface area (Å²) in [5.41, 5.74) is 1.46. The van der Waals surface area contributed by atoms with Gasteiger partial charge >= 0.3 is 5.97 Å². The van der Waals surface area contributed by atoms with Crippen molar-refractivity contribution in [1.29, 1.82) is 0 Å². The van der Waals surface area contributed by atoms with Gasteiger partial charge in [0.2, 0.25) is 10.0 Å². The van der Waals surface area contributed by atoms with Crippen LogP contribution in [0.25, 0.3) is 0 Å². The number of carbonyl (C=O) groups excluding carboxylic acids is 1. The number of hydrogen-bond acceptors (Lipinski definition) is 6. The summed E-state index contributed by atoms with van der Waals surface area (Å²) in [7, 11) is -2.01. The van der Waals surface area contributed by atoms with Crippen molar-refractivity contribution in [3.63, 3.8) is 0 Å². The largest absolute Gasteiger partial charge is 0.465 e. The van der Waals surface area contributed by atoms with Crippen LogP contribution in [-0.2, 0) is 14.8 Å². The maximum absolute atomic E-state index is 11.5. The standard InChI is InChI=1S/C14H15N3O4S/c1-21-14(18)10-4-3-5-11(8-10)16-13-7-6-12(9-15-13)17-22(2,19)20/h3-9,17H,1-2H3,(H,15,16). The molecule has 0 bridgehead atoms. The average Bonchev–Trinajstić information content (AvgIpc) is 2.47. The van der Waals surface area contributed by atoms with Crippen LogP contribution in [0.3, 0.4) is 0 Å². The highest BCUT2D eigenvalue weighted by Crippen LogP contribution is 2.18. The highest BCUT2D eigenvalue weighted by molar-refractivity contribution is 7.92. The van der Waals surface area contributed by atoms with E-state index in [1.54, 1.807) is 36.4 Å². The van der Waals surface area contributed by atoms with Crippen LogP contribution in [-0.4, -0.2) is 32.7 Å². The molecule has 1 aromatic heterocycles. The van der Waals surface area contributed by atoms with Crippen molar-refractivity contribution in [1.82, 2.24) is 4.98 Å². The minimum Gasteiger partial charge on any atom is -0.465 e. The summed E-state index contributed by atoms with van der Waals surface area (Å²) in [5, 5.41) is 3.02. The molecule has 7 nitrogen and oxygen atoms in total. The summed E-state index contributed by atoms with van der Waals surface area (Å²) in [6.45, 7) is 0. The van der Waals surface area contributed by atoms with Gasteiger partial charge in [0.15, 0.2) is 0 Å². The van der Waals surface area contributed by atoms with Gasteiger partial charge in [0, 0.05) is 5.69 Å². The van der Waals surface area contributed by atoms with Crippen molar-refractivity contribution in [3.05, 3.63) is 48.2 Å². The molecule has 2 aromatic rings. The maximum Gasteiger partial charge on any atom is 0.337 e. The van der Waals surface area contributed by atoms with Gasteiger partial charge in [0.1, 0.15) is 5.82 Å². The second kappa shape index (κ2) is 6.44. The Labute approximate surface area is 128 Å². The molecule has 0 atom stereocenters. The molecule has 1 aromatic carbocycles. The van der Waals surface area contributed by atoms with Gasteiger partial charge in [0.25, 0.3) is 0 Å². The molecule has 2 rings (SSSR count). The van der Waals surface area contributed by atoms with Gasteiger partial charge in [-0.15, -0.1) is 0 Å². The first-order valence-corrected chi connectivity index (χ1v) is 8.16. The first kappa shape index (κ1) is 15.8. The fraction of sp³-hybridized carbons (Fsp3) is 0.143. The first-order valence-electron chi connectivity index (χ1n) is 6.26. The fourth-order valence-electron chi connectivity index (χ4n) is 1.73. The normalized spacial score (nSPS) is 10.8. The van der Waals surface area contributed by atoms with E-state index >= 15 is 0 Å². The van der Waals surface area contributed by atoms with Gasteiger partial charge in [-0.2, -0.15) is 0 Å². The Balaban J connectivity index is 2.12. The van der Waals surface area contributed by atoms with Crippen molar-refractivity contribution in [2.24, 2.45) is 0 Å². The lowest BCUT2D eigenvalue weighted by Gasteiger charge is -2.08. The summed E-state index contributed by atoms with van der Waals surface area (Å²) < 4.78 is 29.2. The zero-order valence-electron chi connectivity index (χ0n) is 12.0. The van der Waals surface area contributed by atoms with E-state index in [1.807, 2.05) is 0 Å². The van der Waals surface area contributed by atoms with Crippen molar-refractivity contribution in [2.45, 2.75) is 0 Å². The van der Waals surface area contributed by atoms with E-state index in [0.29, 0.717) is 22.8 Å². The quantitative estimate of drug-likeness (QED) is 0.817. The number of sulfonamides is 1. The zero-order valence-corrected chi connectivity index (χ0v) is 12.8. The van der Waals surface area contributed by atoms with Gasteiger partial charge in [0.05, 0.1) is 30.8 Å². The van der Waals surface area contributed by atoms with E-state index < -0.39 is 16.0 Å². The molecule has 2 N–H and O–H groups in total. The molecule has 1 heterocycles. The Morgan fingerprint density at radius 3 is 2.55 bits per heavy atom. The highest BCUT2D eigenvalue weighted by Gasteiger charge is 2.06. The summed E-state index contributed by atoms with van der Waals surface area (Å²) in [5.74, 6) is 0.0883. The maximum atomic E-state index is 11.5. The molecule has 116 valence electrons. The number of carbonyl (C=O) groups is 1. The van der Waals surface area contributed by atoms with Crippen LogP contribution in [0.2, 0.25) is 0 Å². The number of nitrogens with zero attached hydrogens (tertiary/aromatic N) is 1. The molecule has 0 aliphatic heterocycles.